The summed E-state index contributed by atoms with van der Waals surface area (Å²) < 4.78 is 10.8. The van der Waals surface area contributed by atoms with Crippen molar-refractivity contribution in [3.63, 3.8) is 0 Å². The lowest BCUT2D eigenvalue weighted by molar-refractivity contribution is -0.200. The number of benzene rings is 2. The van der Waals surface area contributed by atoms with Crippen molar-refractivity contribution < 1.29 is 23.9 Å². The van der Waals surface area contributed by atoms with Gasteiger partial charge in [-0.05, 0) is 35.1 Å². The van der Waals surface area contributed by atoms with Crippen LogP contribution in [-0.2, 0) is 19.1 Å². The molecule has 0 saturated carbocycles. The van der Waals surface area contributed by atoms with Crippen molar-refractivity contribution in [3.8, 4) is 11.1 Å². The van der Waals surface area contributed by atoms with E-state index in [2.05, 4.69) is 35.1 Å². The summed E-state index contributed by atoms with van der Waals surface area (Å²) in [4.78, 5) is 29.1. The lowest BCUT2D eigenvalue weighted by Crippen LogP contribution is -2.35. The number of rotatable bonds is 7. The van der Waals surface area contributed by atoms with E-state index in [1.54, 1.807) is 0 Å². The van der Waals surface area contributed by atoms with E-state index in [1.807, 2.05) is 24.3 Å². The van der Waals surface area contributed by atoms with E-state index in [-0.39, 0.29) is 31.4 Å². The van der Waals surface area contributed by atoms with Gasteiger partial charge in [0.2, 0.25) is 5.91 Å². The predicted octanol–water partition coefficient (Wildman–Crippen LogP) is 3.49. The number of amides is 2. The van der Waals surface area contributed by atoms with E-state index >= 15 is 0 Å². The minimum absolute atomic E-state index is 0.00958. The van der Waals surface area contributed by atoms with Gasteiger partial charge in [-0.3, -0.25) is 4.79 Å². The molecular formula is C23H26N2O5. The van der Waals surface area contributed by atoms with Crippen LogP contribution in [0.5, 0.6) is 0 Å². The fourth-order valence-corrected chi connectivity index (χ4v) is 3.91. The molecule has 1 aliphatic heterocycles. The zero-order chi connectivity index (χ0) is 20.8. The van der Waals surface area contributed by atoms with Crippen molar-refractivity contribution in [3.05, 3.63) is 59.7 Å². The van der Waals surface area contributed by atoms with Crippen LogP contribution in [0.2, 0.25) is 0 Å². The average Bonchev–Trinajstić information content (AvgIpc) is 3.11. The topological polar surface area (TPSA) is 85.9 Å². The zero-order valence-corrected chi connectivity index (χ0v) is 16.8. The smallest absolute Gasteiger partial charge is 0.407 e. The van der Waals surface area contributed by atoms with Gasteiger partial charge in [-0.1, -0.05) is 48.5 Å². The molecule has 2 aromatic rings. The van der Waals surface area contributed by atoms with Crippen LogP contribution in [0.15, 0.2) is 48.5 Å². The van der Waals surface area contributed by atoms with Crippen LogP contribution in [-0.4, -0.2) is 38.0 Å². The number of hydroxylamine groups is 1. The first-order chi connectivity index (χ1) is 14.7. The second-order valence-electron chi connectivity index (χ2n) is 7.44. The lowest BCUT2D eigenvalue weighted by atomic mass is 9.98. The Labute approximate surface area is 175 Å². The van der Waals surface area contributed by atoms with Crippen molar-refractivity contribution in [2.24, 2.45) is 0 Å². The van der Waals surface area contributed by atoms with E-state index in [4.69, 9.17) is 14.3 Å². The first-order valence-corrected chi connectivity index (χ1v) is 10.4. The summed E-state index contributed by atoms with van der Waals surface area (Å²) in [5.41, 5.74) is 7.05. The van der Waals surface area contributed by atoms with Crippen molar-refractivity contribution in [2.45, 2.75) is 37.9 Å². The van der Waals surface area contributed by atoms with Gasteiger partial charge in [-0.15, -0.1) is 0 Å². The molecule has 30 heavy (non-hydrogen) atoms. The van der Waals surface area contributed by atoms with Gasteiger partial charge in [-0.2, -0.15) is 0 Å². The molecule has 158 valence electrons. The SMILES string of the molecule is O=C(CCNC(=O)OCC1c2ccccc2-c2ccccc21)NO[C@H]1CCCCO1. The maximum absolute atomic E-state index is 12.1. The summed E-state index contributed by atoms with van der Waals surface area (Å²) in [7, 11) is 0. The minimum atomic E-state index is -0.541. The number of hydrogen-bond acceptors (Lipinski definition) is 5. The van der Waals surface area contributed by atoms with Crippen LogP contribution < -0.4 is 10.8 Å². The molecule has 4 rings (SSSR count). The average molecular weight is 410 g/mol. The number of nitrogens with one attached hydrogen (secondary N) is 2. The summed E-state index contributed by atoms with van der Waals surface area (Å²) in [6.07, 6.45) is 1.95. The molecule has 1 aliphatic carbocycles. The Morgan fingerprint density at radius 2 is 1.70 bits per heavy atom. The fraction of sp³-hybridized carbons (Fsp3) is 0.391. The van der Waals surface area contributed by atoms with Crippen molar-refractivity contribution >= 4 is 12.0 Å². The quantitative estimate of drug-likeness (QED) is 0.683. The summed E-state index contributed by atoms with van der Waals surface area (Å²) in [5.74, 6) is -0.307. The first kappa shape index (κ1) is 20.4. The highest BCUT2D eigenvalue weighted by Gasteiger charge is 2.29. The molecule has 0 bridgehead atoms. The van der Waals surface area contributed by atoms with E-state index in [0.29, 0.717) is 6.61 Å². The standard InChI is InChI=1S/C23H26N2O5/c26-21(25-30-22-11-5-6-14-28-22)12-13-24-23(27)29-15-20-18-9-3-1-7-16(18)17-8-2-4-10-19(17)20/h1-4,7-10,20,22H,5-6,11-15H2,(H,24,27)(H,25,26)/t22-/m0/s1. The number of ether oxygens (including phenoxy) is 2. The second kappa shape index (κ2) is 9.73. The van der Waals surface area contributed by atoms with Gasteiger partial charge in [0.15, 0.2) is 6.29 Å². The van der Waals surface area contributed by atoms with E-state index in [1.165, 1.54) is 11.1 Å². The summed E-state index contributed by atoms with van der Waals surface area (Å²) in [6, 6.07) is 16.3. The molecule has 2 N–H and O–H groups in total. The minimum Gasteiger partial charge on any atom is -0.449 e. The van der Waals surface area contributed by atoms with E-state index in [0.717, 1.165) is 30.4 Å². The molecule has 7 nitrogen and oxygen atoms in total. The molecule has 1 saturated heterocycles. The highest BCUT2D eigenvalue weighted by atomic mass is 16.8. The third kappa shape index (κ3) is 4.80. The molecule has 1 fully saturated rings. The molecule has 0 unspecified atom stereocenters. The Bertz CT molecular complexity index is 849. The van der Waals surface area contributed by atoms with Crippen LogP contribution >= 0.6 is 0 Å². The highest BCUT2D eigenvalue weighted by Crippen LogP contribution is 2.44. The maximum atomic E-state index is 12.1. The third-order valence-electron chi connectivity index (χ3n) is 5.41. The molecule has 0 aromatic heterocycles. The zero-order valence-electron chi connectivity index (χ0n) is 16.8. The normalized spacial score (nSPS) is 17.7. The molecule has 2 amide bonds. The molecule has 7 heteroatoms. The molecule has 0 radical (unpaired) electrons. The van der Waals surface area contributed by atoms with E-state index in [9.17, 15) is 9.59 Å². The molecule has 1 atom stereocenters. The Hall–Kier alpha value is -2.90. The summed E-state index contributed by atoms with van der Waals surface area (Å²) in [5, 5.41) is 2.61. The summed E-state index contributed by atoms with van der Waals surface area (Å²) >= 11 is 0. The molecule has 0 spiro atoms. The van der Waals surface area contributed by atoms with Crippen molar-refractivity contribution in [2.75, 3.05) is 19.8 Å². The number of alkyl carbamates (subject to hydrolysis) is 1. The Morgan fingerprint density at radius 3 is 2.37 bits per heavy atom. The third-order valence-corrected chi connectivity index (χ3v) is 5.41. The number of hydrogen-bond donors (Lipinski definition) is 2. The molecule has 1 heterocycles. The van der Waals surface area contributed by atoms with Gasteiger partial charge in [0.25, 0.3) is 0 Å². The predicted molar refractivity (Wildman–Crippen MR) is 111 cm³/mol. The van der Waals surface area contributed by atoms with Crippen LogP contribution in [0.4, 0.5) is 4.79 Å². The van der Waals surface area contributed by atoms with E-state index < -0.39 is 12.4 Å². The van der Waals surface area contributed by atoms with Gasteiger partial charge >= 0.3 is 6.09 Å². The van der Waals surface area contributed by atoms with Gasteiger partial charge in [0.1, 0.15) is 6.61 Å². The fourth-order valence-electron chi connectivity index (χ4n) is 3.91. The van der Waals surface area contributed by atoms with Crippen LogP contribution in [0.1, 0.15) is 42.7 Å². The lowest BCUT2D eigenvalue weighted by Gasteiger charge is -2.22. The van der Waals surface area contributed by atoms with Gasteiger partial charge < -0.3 is 14.8 Å². The maximum Gasteiger partial charge on any atom is 0.407 e. The summed E-state index contributed by atoms with van der Waals surface area (Å²) in [6.45, 7) is 1.05. The number of carbonyl (C=O) groups excluding carboxylic acids is 2. The Morgan fingerprint density at radius 1 is 1.00 bits per heavy atom. The van der Waals surface area contributed by atoms with Crippen molar-refractivity contribution in [1.29, 1.82) is 0 Å². The second-order valence-corrected chi connectivity index (χ2v) is 7.44. The molecular weight excluding hydrogens is 384 g/mol. The largest absolute Gasteiger partial charge is 0.449 e. The van der Waals surface area contributed by atoms with Gasteiger partial charge in [-0.25, -0.2) is 15.1 Å². The number of carbonyl (C=O) groups is 2. The Kier molecular flexibility index (Phi) is 6.61. The van der Waals surface area contributed by atoms with Gasteiger partial charge in [0.05, 0.1) is 0 Å². The first-order valence-electron chi connectivity index (χ1n) is 10.4. The van der Waals surface area contributed by atoms with Crippen LogP contribution in [0.3, 0.4) is 0 Å². The monoisotopic (exact) mass is 410 g/mol. The van der Waals surface area contributed by atoms with Crippen molar-refractivity contribution in [1.82, 2.24) is 10.8 Å². The molecule has 2 aromatic carbocycles. The van der Waals surface area contributed by atoms with Gasteiger partial charge in [0, 0.05) is 31.9 Å². The van der Waals surface area contributed by atoms with Crippen LogP contribution in [0, 0.1) is 0 Å². The molecule has 2 aliphatic rings. The Balaban J connectivity index is 1.20. The highest BCUT2D eigenvalue weighted by molar-refractivity contribution is 5.79. The van der Waals surface area contributed by atoms with Crippen LogP contribution in [0.25, 0.3) is 11.1 Å². The number of fused-ring (bicyclic) bond motifs is 3.